The number of aryl methyl sites for hydroxylation is 1. The van der Waals surface area contributed by atoms with E-state index in [1.807, 2.05) is 18.6 Å². The first-order chi connectivity index (χ1) is 15.4. The fourth-order valence-corrected chi connectivity index (χ4v) is 5.57. The Morgan fingerprint density at radius 3 is 2.74 bits per heavy atom. The van der Waals surface area contributed by atoms with Gasteiger partial charge in [0, 0.05) is 25.1 Å². The van der Waals surface area contributed by atoms with Gasteiger partial charge in [0.2, 0.25) is 0 Å². The second-order valence-corrected chi connectivity index (χ2v) is 8.86. The van der Waals surface area contributed by atoms with Gasteiger partial charge >= 0.3 is 0 Å². The number of aromatic nitrogens is 4. The summed E-state index contributed by atoms with van der Waals surface area (Å²) in [6, 6.07) is 17.4. The average Bonchev–Trinajstić information content (AvgIpc) is 3.16. The van der Waals surface area contributed by atoms with Crippen LogP contribution in [0.1, 0.15) is 47.9 Å². The molecule has 3 aromatic heterocycles. The molecule has 5 nitrogen and oxygen atoms in total. The van der Waals surface area contributed by atoms with E-state index in [2.05, 4.69) is 63.0 Å². The Balaban J connectivity index is 1.38. The van der Waals surface area contributed by atoms with Gasteiger partial charge in [-0.2, -0.15) is 0 Å². The maximum absolute atomic E-state index is 5.08. The molecule has 5 heteroatoms. The third kappa shape index (κ3) is 3.43. The zero-order valence-electron chi connectivity index (χ0n) is 17.7. The molecule has 0 spiro atoms. The summed E-state index contributed by atoms with van der Waals surface area (Å²) in [5, 5.41) is 0. The molecule has 0 amide bonds. The molecule has 4 heterocycles. The van der Waals surface area contributed by atoms with Crippen LogP contribution in [0.3, 0.4) is 0 Å². The zero-order valence-corrected chi connectivity index (χ0v) is 17.7. The van der Waals surface area contributed by atoms with Crippen molar-refractivity contribution in [2.75, 3.05) is 6.54 Å². The van der Waals surface area contributed by atoms with E-state index < -0.39 is 0 Å². The summed E-state index contributed by atoms with van der Waals surface area (Å²) in [6.07, 6.45) is 10.7. The molecule has 6 rings (SSSR count). The summed E-state index contributed by atoms with van der Waals surface area (Å²) in [4.78, 5) is 16.8. The maximum Gasteiger partial charge on any atom is 0.124 e. The van der Waals surface area contributed by atoms with Gasteiger partial charge in [0.15, 0.2) is 0 Å². The topological polar surface area (TPSA) is 46.8 Å². The van der Waals surface area contributed by atoms with E-state index >= 15 is 0 Å². The number of likely N-dealkylation sites (tertiary alicyclic amines) is 1. The Kier molecular flexibility index (Phi) is 4.76. The van der Waals surface area contributed by atoms with Gasteiger partial charge in [-0.1, -0.05) is 18.2 Å². The fourth-order valence-electron chi connectivity index (χ4n) is 5.57. The molecule has 4 aromatic rings. The maximum atomic E-state index is 5.08. The number of hydrogen-bond donors (Lipinski definition) is 0. The quantitative estimate of drug-likeness (QED) is 0.487. The van der Waals surface area contributed by atoms with Gasteiger partial charge in [-0.15, -0.1) is 0 Å². The summed E-state index contributed by atoms with van der Waals surface area (Å²) in [5.41, 5.74) is 6.25. The second kappa shape index (κ2) is 7.89. The van der Waals surface area contributed by atoms with Gasteiger partial charge < -0.3 is 4.57 Å². The van der Waals surface area contributed by atoms with Gasteiger partial charge in [-0.05, 0) is 79.6 Å². The normalized spacial score (nSPS) is 21.0. The van der Waals surface area contributed by atoms with E-state index in [9.17, 15) is 0 Å². The molecule has 156 valence electrons. The first kappa shape index (κ1) is 18.7. The van der Waals surface area contributed by atoms with Crippen molar-refractivity contribution in [3.63, 3.8) is 0 Å². The van der Waals surface area contributed by atoms with E-state index in [4.69, 9.17) is 9.97 Å². The lowest BCUT2D eigenvalue weighted by Gasteiger charge is -2.44. The molecule has 0 saturated carbocycles. The number of pyridine rings is 2. The van der Waals surface area contributed by atoms with Crippen LogP contribution in [0.15, 0.2) is 67.1 Å². The van der Waals surface area contributed by atoms with Gasteiger partial charge in [0.05, 0.1) is 29.3 Å². The molecule has 1 fully saturated rings. The molecule has 1 saturated heterocycles. The lowest BCUT2D eigenvalue weighted by Crippen LogP contribution is -2.41. The Morgan fingerprint density at radius 1 is 0.903 bits per heavy atom. The third-order valence-electron chi connectivity index (χ3n) is 7.02. The molecular weight excluding hydrogens is 382 g/mol. The van der Waals surface area contributed by atoms with Gasteiger partial charge in [-0.25, -0.2) is 4.98 Å². The molecule has 1 aliphatic carbocycles. The number of benzene rings is 1. The SMILES string of the molecule is c1cnc2c(c1)CC[C@H]1CCCN(Cc3nc4ccccc4n3Cc3ccncc3)[C@@H]21. The molecule has 1 aliphatic heterocycles. The van der Waals surface area contributed by atoms with E-state index in [-0.39, 0.29) is 0 Å². The van der Waals surface area contributed by atoms with Gasteiger partial charge in [0.25, 0.3) is 0 Å². The largest absolute Gasteiger partial charge is 0.322 e. The average molecular weight is 410 g/mol. The zero-order chi connectivity index (χ0) is 20.6. The number of nitrogens with zero attached hydrogens (tertiary/aromatic N) is 5. The lowest BCUT2D eigenvalue weighted by atomic mass is 9.77. The van der Waals surface area contributed by atoms with Crippen LogP contribution in [0.2, 0.25) is 0 Å². The monoisotopic (exact) mass is 409 g/mol. The minimum Gasteiger partial charge on any atom is -0.322 e. The van der Waals surface area contributed by atoms with Crippen molar-refractivity contribution in [3.05, 3.63) is 89.8 Å². The van der Waals surface area contributed by atoms with Crippen molar-refractivity contribution in [1.82, 2.24) is 24.4 Å². The van der Waals surface area contributed by atoms with E-state index in [0.29, 0.717) is 12.0 Å². The summed E-state index contributed by atoms with van der Waals surface area (Å²) in [6.45, 7) is 2.78. The highest BCUT2D eigenvalue weighted by molar-refractivity contribution is 5.76. The molecule has 2 atom stereocenters. The summed E-state index contributed by atoms with van der Waals surface area (Å²) in [5.74, 6) is 1.84. The fraction of sp³-hybridized carbons (Fsp3) is 0.346. The number of fused-ring (bicyclic) bond motifs is 4. The van der Waals surface area contributed by atoms with Crippen molar-refractivity contribution >= 4 is 11.0 Å². The van der Waals surface area contributed by atoms with Crippen LogP contribution in [0.25, 0.3) is 11.0 Å². The number of imidazole rings is 1. The minimum absolute atomic E-state index is 0.410. The van der Waals surface area contributed by atoms with Crippen molar-refractivity contribution < 1.29 is 0 Å². The number of hydrogen-bond acceptors (Lipinski definition) is 4. The highest BCUT2D eigenvalue weighted by atomic mass is 15.2. The molecular formula is C26H27N5. The van der Waals surface area contributed by atoms with Crippen LogP contribution >= 0.6 is 0 Å². The highest BCUT2D eigenvalue weighted by Crippen LogP contribution is 2.43. The smallest absolute Gasteiger partial charge is 0.124 e. The van der Waals surface area contributed by atoms with Gasteiger partial charge in [-0.3, -0.25) is 14.9 Å². The van der Waals surface area contributed by atoms with E-state index in [1.165, 1.54) is 48.0 Å². The highest BCUT2D eigenvalue weighted by Gasteiger charge is 2.38. The predicted molar refractivity (Wildman–Crippen MR) is 122 cm³/mol. The molecule has 1 aromatic carbocycles. The van der Waals surface area contributed by atoms with Crippen molar-refractivity contribution in [1.29, 1.82) is 0 Å². The van der Waals surface area contributed by atoms with Crippen LogP contribution in [0.5, 0.6) is 0 Å². The van der Waals surface area contributed by atoms with E-state index in [1.54, 1.807) is 0 Å². The number of piperidine rings is 1. The van der Waals surface area contributed by atoms with Crippen LogP contribution in [0.4, 0.5) is 0 Å². The predicted octanol–water partition coefficient (Wildman–Crippen LogP) is 4.77. The van der Waals surface area contributed by atoms with Crippen molar-refractivity contribution in [2.24, 2.45) is 5.92 Å². The van der Waals surface area contributed by atoms with Crippen LogP contribution in [0, 0.1) is 5.92 Å². The Labute approximate surface area is 182 Å². The molecule has 0 bridgehead atoms. The molecule has 0 radical (unpaired) electrons. The van der Waals surface area contributed by atoms with Crippen LogP contribution < -0.4 is 0 Å². The Bertz CT molecular complexity index is 1200. The Morgan fingerprint density at radius 2 is 1.81 bits per heavy atom. The first-order valence-electron chi connectivity index (χ1n) is 11.4. The third-order valence-corrected chi connectivity index (χ3v) is 7.02. The van der Waals surface area contributed by atoms with Gasteiger partial charge in [0.1, 0.15) is 5.82 Å². The van der Waals surface area contributed by atoms with E-state index in [0.717, 1.165) is 31.0 Å². The summed E-state index contributed by atoms with van der Waals surface area (Å²) in [7, 11) is 0. The van der Waals surface area contributed by atoms with Crippen molar-refractivity contribution in [2.45, 2.75) is 44.8 Å². The molecule has 0 unspecified atom stereocenters. The lowest BCUT2D eigenvalue weighted by molar-refractivity contribution is 0.0666. The summed E-state index contributed by atoms with van der Waals surface area (Å²) < 4.78 is 2.39. The van der Waals surface area contributed by atoms with Crippen LogP contribution in [-0.4, -0.2) is 31.0 Å². The minimum atomic E-state index is 0.410. The number of para-hydroxylation sites is 2. The molecule has 2 aliphatic rings. The van der Waals surface area contributed by atoms with Crippen molar-refractivity contribution in [3.8, 4) is 0 Å². The summed E-state index contributed by atoms with van der Waals surface area (Å²) >= 11 is 0. The van der Waals surface area contributed by atoms with Crippen LogP contribution in [-0.2, 0) is 19.5 Å². The molecule has 31 heavy (non-hydrogen) atoms. The number of rotatable bonds is 4. The molecule has 0 N–H and O–H groups in total. The second-order valence-electron chi connectivity index (χ2n) is 8.86. The standard InChI is InChI=1S/C26H27N5/c1-2-8-23-22(7-1)29-24(31(23)17-19-11-14-27-15-12-19)18-30-16-4-6-21-10-9-20-5-3-13-28-25(20)26(21)30/h1-3,5,7-8,11-15,21,26H,4,6,9-10,16-18H2/t21-,26-/m1/s1. The Hall–Kier alpha value is -3.05. The first-order valence-corrected chi connectivity index (χ1v) is 11.4.